The molecular formula is C21H35N3O2. The van der Waals surface area contributed by atoms with E-state index in [1.807, 2.05) is 6.92 Å². The van der Waals surface area contributed by atoms with E-state index in [1.165, 1.54) is 11.3 Å². The molecule has 2 rings (SSSR count). The maximum atomic E-state index is 11.7. The molecule has 1 heterocycles. The van der Waals surface area contributed by atoms with Crippen LogP contribution in [0.15, 0.2) is 24.3 Å². The van der Waals surface area contributed by atoms with Crippen molar-refractivity contribution in [2.24, 2.45) is 0 Å². The molecule has 1 fully saturated rings. The Hall–Kier alpha value is -1.59. The fourth-order valence-corrected chi connectivity index (χ4v) is 3.31. The number of ether oxygens (including phenoxy) is 1. The number of nitrogens with one attached hydrogen (secondary N) is 1. The zero-order valence-corrected chi connectivity index (χ0v) is 16.5. The fraction of sp³-hybridized carbons (Fsp3) is 0.667. The Balaban J connectivity index is 1.50. The van der Waals surface area contributed by atoms with E-state index in [1.54, 1.807) is 0 Å². The predicted octanol–water partition coefficient (Wildman–Crippen LogP) is 2.83. The molecule has 0 aromatic heterocycles. The number of carbonyl (C=O) groups is 1. The summed E-state index contributed by atoms with van der Waals surface area (Å²) in [5, 5.41) is 3.01. The highest BCUT2D eigenvalue weighted by molar-refractivity contribution is 5.75. The van der Waals surface area contributed by atoms with Crippen molar-refractivity contribution >= 4 is 11.6 Å². The van der Waals surface area contributed by atoms with Gasteiger partial charge in [-0.2, -0.15) is 0 Å². The molecule has 1 amide bonds. The highest BCUT2D eigenvalue weighted by atomic mass is 16.5. The van der Waals surface area contributed by atoms with Crippen molar-refractivity contribution in [3.05, 3.63) is 29.8 Å². The first-order chi connectivity index (χ1) is 12.7. The van der Waals surface area contributed by atoms with Crippen LogP contribution in [-0.4, -0.2) is 63.3 Å². The molecule has 1 aliphatic heterocycles. The molecule has 5 nitrogen and oxygen atoms in total. The van der Waals surface area contributed by atoms with Gasteiger partial charge in [-0.3, -0.25) is 9.69 Å². The summed E-state index contributed by atoms with van der Waals surface area (Å²) in [7, 11) is 0. The van der Waals surface area contributed by atoms with Gasteiger partial charge in [0.15, 0.2) is 0 Å². The molecule has 1 aromatic carbocycles. The van der Waals surface area contributed by atoms with Gasteiger partial charge in [-0.05, 0) is 57.4 Å². The number of aryl methyl sites for hydroxylation is 1. The second kappa shape index (κ2) is 11.9. The van der Waals surface area contributed by atoms with Gasteiger partial charge in [-0.25, -0.2) is 0 Å². The van der Waals surface area contributed by atoms with Crippen LogP contribution in [0, 0.1) is 6.92 Å². The zero-order chi connectivity index (χ0) is 18.6. The minimum atomic E-state index is 0.150. The first-order valence-electron chi connectivity index (χ1n) is 10.1. The molecule has 0 bridgehead atoms. The van der Waals surface area contributed by atoms with Crippen LogP contribution in [0.25, 0.3) is 0 Å². The minimum absolute atomic E-state index is 0.150. The Bertz CT molecular complexity index is 528. The fourth-order valence-electron chi connectivity index (χ4n) is 3.31. The molecular weight excluding hydrogens is 326 g/mol. The van der Waals surface area contributed by atoms with Gasteiger partial charge in [-0.1, -0.05) is 12.1 Å². The second-order valence-corrected chi connectivity index (χ2v) is 7.03. The monoisotopic (exact) mass is 361 g/mol. The van der Waals surface area contributed by atoms with E-state index >= 15 is 0 Å². The molecule has 1 N–H and O–H groups in total. The predicted molar refractivity (Wildman–Crippen MR) is 108 cm³/mol. The number of nitrogens with zero attached hydrogens (tertiary/aromatic N) is 2. The van der Waals surface area contributed by atoms with Gasteiger partial charge in [-0.15, -0.1) is 0 Å². The standard InChI is InChI=1S/C21H35N3O2/c1-3-26-17-7-10-21(25)22-11-4-5-12-23-13-15-24(16-14-23)20-9-6-8-19(2)18-20/h6,8-9,18H,3-5,7,10-17H2,1-2H3,(H,22,25). The number of benzene rings is 1. The van der Waals surface area contributed by atoms with Gasteiger partial charge >= 0.3 is 0 Å². The molecule has 0 atom stereocenters. The first kappa shape index (κ1) is 20.7. The van der Waals surface area contributed by atoms with E-state index in [0.29, 0.717) is 13.0 Å². The molecule has 0 saturated carbocycles. The van der Waals surface area contributed by atoms with Crippen LogP contribution in [0.3, 0.4) is 0 Å². The smallest absolute Gasteiger partial charge is 0.220 e. The number of hydrogen-bond donors (Lipinski definition) is 1. The summed E-state index contributed by atoms with van der Waals surface area (Å²) < 4.78 is 5.25. The maximum Gasteiger partial charge on any atom is 0.220 e. The zero-order valence-electron chi connectivity index (χ0n) is 16.5. The van der Waals surface area contributed by atoms with Crippen molar-refractivity contribution < 1.29 is 9.53 Å². The Kier molecular flexibility index (Phi) is 9.50. The molecule has 0 aliphatic carbocycles. The number of unbranched alkanes of at least 4 members (excludes halogenated alkanes) is 1. The third-order valence-electron chi connectivity index (χ3n) is 4.86. The number of piperazine rings is 1. The lowest BCUT2D eigenvalue weighted by atomic mass is 10.2. The summed E-state index contributed by atoms with van der Waals surface area (Å²) in [6, 6.07) is 8.77. The molecule has 146 valence electrons. The highest BCUT2D eigenvalue weighted by Crippen LogP contribution is 2.17. The normalized spacial score (nSPS) is 15.2. The van der Waals surface area contributed by atoms with Gasteiger partial charge < -0.3 is 15.0 Å². The quantitative estimate of drug-likeness (QED) is 0.616. The Labute approximate surface area is 158 Å². The van der Waals surface area contributed by atoms with Crippen LogP contribution < -0.4 is 10.2 Å². The van der Waals surface area contributed by atoms with E-state index in [2.05, 4.69) is 46.3 Å². The maximum absolute atomic E-state index is 11.7. The van der Waals surface area contributed by atoms with E-state index in [0.717, 1.165) is 65.1 Å². The molecule has 1 aliphatic rings. The number of hydrogen-bond acceptors (Lipinski definition) is 4. The molecule has 5 heteroatoms. The lowest BCUT2D eigenvalue weighted by molar-refractivity contribution is -0.121. The van der Waals surface area contributed by atoms with Gasteiger partial charge in [0.25, 0.3) is 0 Å². The van der Waals surface area contributed by atoms with Crippen LogP contribution >= 0.6 is 0 Å². The number of rotatable bonds is 11. The summed E-state index contributed by atoms with van der Waals surface area (Å²) in [5.74, 6) is 0.150. The average molecular weight is 362 g/mol. The third-order valence-corrected chi connectivity index (χ3v) is 4.86. The molecule has 0 spiro atoms. The molecule has 26 heavy (non-hydrogen) atoms. The van der Waals surface area contributed by atoms with E-state index in [4.69, 9.17) is 4.74 Å². The Morgan fingerprint density at radius 2 is 1.96 bits per heavy atom. The second-order valence-electron chi connectivity index (χ2n) is 7.03. The van der Waals surface area contributed by atoms with E-state index < -0.39 is 0 Å². The average Bonchev–Trinajstić information content (AvgIpc) is 2.65. The van der Waals surface area contributed by atoms with Gasteiger partial charge in [0.05, 0.1) is 0 Å². The third kappa shape index (κ3) is 7.75. The highest BCUT2D eigenvalue weighted by Gasteiger charge is 2.16. The van der Waals surface area contributed by atoms with Crippen LogP contribution in [0.1, 0.15) is 38.2 Å². The lowest BCUT2D eigenvalue weighted by Gasteiger charge is -2.36. The summed E-state index contributed by atoms with van der Waals surface area (Å²) >= 11 is 0. The van der Waals surface area contributed by atoms with Gasteiger partial charge in [0, 0.05) is 58.0 Å². The number of amides is 1. The molecule has 1 saturated heterocycles. The molecule has 1 aromatic rings. The van der Waals surface area contributed by atoms with Crippen molar-refractivity contribution in [2.45, 2.75) is 39.5 Å². The minimum Gasteiger partial charge on any atom is -0.382 e. The topological polar surface area (TPSA) is 44.8 Å². The summed E-state index contributed by atoms with van der Waals surface area (Å²) in [4.78, 5) is 16.7. The Morgan fingerprint density at radius 3 is 2.69 bits per heavy atom. The lowest BCUT2D eigenvalue weighted by Crippen LogP contribution is -2.46. The summed E-state index contributed by atoms with van der Waals surface area (Å²) in [5.41, 5.74) is 2.67. The number of anilines is 1. The van der Waals surface area contributed by atoms with Crippen molar-refractivity contribution in [3.8, 4) is 0 Å². The summed E-state index contributed by atoms with van der Waals surface area (Å²) in [6.07, 6.45) is 3.57. The SMILES string of the molecule is CCOCCCC(=O)NCCCCN1CCN(c2cccc(C)c2)CC1. The van der Waals surface area contributed by atoms with Crippen molar-refractivity contribution in [2.75, 3.05) is 57.4 Å². The molecule has 0 unspecified atom stereocenters. The van der Waals surface area contributed by atoms with Crippen LogP contribution in [0.4, 0.5) is 5.69 Å². The van der Waals surface area contributed by atoms with Crippen molar-refractivity contribution in [1.29, 1.82) is 0 Å². The van der Waals surface area contributed by atoms with Crippen LogP contribution in [0.2, 0.25) is 0 Å². The molecule has 0 radical (unpaired) electrons. The Morgan fingerprint density at radius 1 is 1.15 bits per heavy atom. The van der Waals surface area contributed by atoms with Crippen LogP contribution in [-0.2, 0) is 9.53 Å². The van der Waals surface area contributed by atoms with Crippen LogP contribution in [0.5, 0.6) is 0 Å². The largest absolute Gasteiger partial charge is 0.382 e. The van der Waals surface area contributed by atoms with E-state index in [-0.39, 0.29) is 5.91 Å². The van der Waals surface area contributed by atoms with Crippen molar-refractivity contribution in [1.82, 2.24) is 10.2 Å². The first-order valence-corrected chi connectivity index (χ1v) is 10.1. The van der Waals surface area contributed by atoms with Gasteiger partial charge in [0.2, 0.25) is 5.91 Å². The number of carbonyl (C=O) groups excluding carboxylic acids is 1. The summed E-state index contributed by atoms with van der Waals surface area (Å²) in [6.45, 7) is 11.9. The van der Waals surface area contributed by atoms with Crippen molar-refractivity contribution in [3.63, 3.8) is 0 Å². The van der Waals surface area contributed by atoms with Gasteiger partial charge in [0.1, 0.15) is 0 Å². The van der Waals surface area contributed by atoms with E-state index in [9.17, 15) is 4.79 Å².